The van der Waals surface area contributed by atoms with Crippen LogP contribution in [0.25, 0.3) is 11.2 Å². The van der Waals surface area contributed by atoms with Crippen LogP contribution >= 0.6 is 11.3 Å². The smallest absolute Gasteiger partial charge is 0.320 e. The lowest BCUT2D eigenvalue weighted by Crippen LogP contribution is -2.33. The van der Waals surface area contributed by atoms with Gasteiger partial charge >= 0.3 is 6.01 Å². The van der Waals surface area contributed by atoms with Gasteiger partial charge in [-0.25, -0.2) is 4.98 Å². The van der Waals surface area contributed by atoms with Crippen molar-refractivity contribution in [3.05, 3.63) is 28.7 Å². The van der Waals surface area contributed by atoms with Crippen molar-refractivity contribution >= 4 is 28.3 Å². The molecule has 0 amide bonds. The third-order valence-electron chi connectivity index (χ3n) is 4.42. The van der Waals surface area contributed by atoms with Crippen molar-refractivity contribution in [2.75, 3.05) is 18.9 Å². The lowest BCUT2D eigenvalue weighted by Gasteiger charge is -2.16. The van der Waals surface area contributed by atoms with E-state index in [0.717, 1.165) is 5.56 Å². The molecule has 0 saturated carbocycles. The molecule has 4 rings (SSSR count). The van der Waals surface area contributed by atoms with E-state index in [0.29, 0.717) is 24.2 Å². The Morgan fingerprint density at radius 3 is 2.85 bits per heavy atom. The number of fused-ring (bicyclic) bond motifs is 1. The minimum absolute atomic E-state index is 0.0868. The van der Waals surface area contributed by atoms with E-state index in [4.69, 9.17) is 15.2 Å². The molecule has 0 aromatic carbocycles. The molecule has 144 valence electrons. The maximum Gasteiger partial charge on any atom is 0.320 e. The van der Waals surface area contributed by atoms with Crippen LogP contribution < -0.4 is 10.5 Å². The van der Waals surface area contributed by atoms with Gasteiger partial charge in [-0.05, 0) is 22.4 Å². The third-order valence-corrected chi connectivity index (χ3v) is 5.15. The summed E-state index contributed by atoms with van der Waals surface area (Å²) in [6, 6.07) is 2.10. The van der Waals surface area contributed by atoms with Gasteiger partial charge in [0.25, 0.3) is 0 Å². The van der Waals surface area contributed by atoms with Gasteiger partial charge in [-0.2, -0.15) is 21.3 Å². The molecule has 1 aliphatic rings. The number of anilines is 1. The summed E-state index contributed by atoms with van der Waals surface area (Å²) >= 11 is 1.62. The van der Waals surface area contributed by atoms with E-state index >= 15 is 0 Å². The predicted molar refractivity (Wildman–Crippen MR) is 96.3 cm³/mol. The van der Waals surface area contributed by atoms with Crippen molar-refractivity contribution in [1.29, 1.82) is 0 Å². The Hall–Kier alpha value is -2.31. The summed E-state index contributed by atoms with van der Waals surface area (Å²) < 4.78 is 12.6. The number of rotatable bonds is 6. The first kappa shape index (κ1) is 18.1. The van der Waals surface area contributed by atoms with E-state index < -0.39 is 31.1 Å². The molecule has 0 bridgehead atoms. The minimum Gasteiger partial charge on any atom is -0.463 e. The summed E-state index contributed by atoms with van der Waals surface area (Å²) in [5, 5.41) is 33.5. The number of aliphatic hydroxyl groups is 3. The van der Waals surface area contributed by atoms with Gasteiger partial charge in [0, 0.05) is 6.42 Å². The zero-order chi connectivity index (χ0) is 19.0. The van der Waals surface area contributed by atoms with Gasteiger partial charge in [0.2, 0.25) is 0 Å². The van der Waals surface area contributed by atoms with E-state index in [1.165, 1.54) is 10.9 Å². The molecular weight excluding hydrogens is 374 g/mol. The topological polar surface area (TPSA) is 149 Å². The van der Waals surface area contributed by atoms with Crippen LogP contribution in [0.15, 0.2) is 23.2 Å². The molecule has 1 fully saturated rings. The molecule has 10 nitrogen and oxygen atoms in total. The number of nitrogen functional groups attached to an aromatic ring is 1. The number of nitrogens with zero attached hydrogens (tertiary/aromatic N) is 4. The monoisotopic (exact) mass is 393 g/mol. The molecular formula is C16H19N5O5S. The number of thiophene rings is 1. The van der Waals surface area contributed by atoms with E-state index in [1.54, 1.807) is 11.3 Å². The molecule has 27 heavy (non-hydrogen) atoms. The lowest BCUT2D eigenvalue weighted by atomic mass is 10.1. The van der Waals surface area contributed by atoms with Crippen molar-refractivity contribution < 1.29 is 24.8 Å². The molecule has 4 atom stereocenters. The standard InChI is InChI=1S/C16H19N5O5S/c17-13-10-14(20-16(19-13)25-3-1-8-2-4-27-6-8)21(7-18-10)15-12(24)11(23)9(5-22)26-15/h2,4,6-7,9,11-12,15,22-24H,1,3,5H2,(H2,17,19,20)/t9-,11-,12-,15?/m0/s1. The average molecular weight is 393 g/mol. The Morgan fingerprint density at radius 1 is 1.30 bits per heavy atom. The summed E-state index contributed by atoms with van der Waals surface area (Å²) in [6.07, 6.45) is -2.24. The van der Waals surface area contributed by atoms with Gasteiger partial charge in [0.05, 0.1) is 19.5 Å². The van der Waals surface area contributed by atoms with Crippen molar-refractivity contribution in [1.82, 2.24) is 19.5 Å². The normalized spacial score (nSPS) is 25.3. The minimum atomic E-state index is -1.25. The van der Waals surface area contributed by atoms with Crippen LogP contribution in [0.5, 0.6) is 6.01 Å². The molecule has 4 heterocycles. The second-order valence-electron chi connectivity index (χ2n) is 6.17. The number of aromatic nitrogens is 4. The maximum absolute atomic E-state index is 10.2. The fourth-order valence-corrected chi connectivity index (χ4v) is 3.68. The second kappa shape index (κ2) is 7.37. The van der Waals surface area contributed by atoms with E-state index in [9.17, 15) is 15.3 Å². The van der Waals surface area contributed by atoms with Crippen LogP contribution in [0.2, 0.25) is 0 Å². The summed E-state index contributed by atoms with van der Waals surface area (Å²) in [5.74, 6) is 0.135. The highest BCUT2D eigenvalue weighted by Crippen LogP contribution is 2.32. The molecule has 0 spiro atoms. The van der Waals surface area contributed by atoms with Crippen molar-refractivity contribution in [3.8, 4) is 6.01 Å². The number of ether oxygens (including phenoxy) is 2. The van der Waals surface area contributed by atoms with Gasteiger partial charge < -0.3 is 30.5 Å². The average Bonchev–Trinajstić information content (AvgIpc) is 3.37. The Kier molecular flexibility index (Phi) is 4.93. The largest absolute Gasteiger partial charge is 0.463 e. The Bertz CT molecular complexity index is 917. The first-order valence-electron chi connectivity index (χ1n) is 8.35. The fourth-order valence-electron chi connectivity index (χ4n) is 2.97. The summed E-state index contributed by atoms with van der Waals surface area (Å²) in [5.41, 5.74) is 7.75. The Balaban J connectivity index is 1.58. The SMILES string of the molecule is Nc1nc(OCCc2ccsc2)nc2c1ncn2C1O[C@@H](CO)[C@H](O)[C@@H]1O. The molecule has 3 aromatic heterocycles. The number of nitrogens with two attached hydrogens (primary N) is 1. The number of aliphatic hydroxyl groups excluding tert-OH is 3. The molecule has 5 N–H and O–H groups in total. The first-order chi connectivity index (χ1) is 13.1. The quantitative estimate of drug-likeness (QED) is 0.443. The van der Waals surface area contributed by atoms with Crippen LogP contribution in [-0.4, -0.2) is 66.4 Å². The van der Waals surface area contributed by atoms with Crippen molar-refractivity contribution in [2.24, 2.45) is 0 Å². The highest BCUT2D eigenvalue weighted by Gasteiger charge is 2.44. The Morgan fingerprint density at radius 2 is 2.15 bits per heavy atom. The molecule has 1 aliphatic heterocycles. The first-order valence-corrected chi connectivity index (χ1v) is 9.29. The maximum atomic E-state index is 10.2. The predicted octanol–water partition coefficient (Wildman–Crippen LogP) is -0.297. The molecule has 0 radical (unpaired) electrons. The molecule has 1 saturated heterocycles. The molecule has 1 unspecified atom stereocenters. The highest BCUT2D eigenvalue weighted by molar-refractivity contribution is 7.07. The Labute approximate surface area is 157 Å². The van der Waals surface area contributed by atoms with Gasteiger partial charge in [-0.3, -0.25) is 4.57 Å². The van der Waals surface area contributed by atoms with E-state index in [1.807, 2.05) is 16.8 Å². The van der Waals surface area contributed by atoms with Gasteiger partial charge in [-0.15, -0.1) is 0 Å². The number of hydrogen-bond donors (Lipinski definition) is 4. The van der Waals surface area contributed by atoms with Crippen molar-refractivity contribution in [2.45, 2.75) is 31.0 Å². The van der Waals surface area contributed by atoms with Crippen LogP contribution in [0, 0.1) is 0 Å². The highest BCUT2D eigenvalue weighted by atomic mass is 32.1. The van der Waals surface area contributed by atoms with Crippen LogP contribution in [0.3, 0.4) is 0 Å². The van der Waals surface area contributed by atoms with Crippen molar-refractivity contribution in [3.63, 3.8) is 0 Å². The van der Waals surface area contributed by atoms with E-state index in [-0.39, 0.29) is 11.8 Å². The third kappa shape index (κ3) is 3.35. The summed E-state index contributed by atoms with van der Waals surface area (Å²) in [6.45, 7) is -0.0426. The van der Waals surface area contributed by atoms with Gasteiger partial charge in [0.1, 0.15) is 18.3 Å². The zero-order valence-corrected chi connectivity index (χ0v) is 15.0. The summed E-state index contributed by atoms with van der Waals surface area (Å²) in [7, 11) is 0. The summed E-state index contributed by atoms with van der Waals surface area (Å²) in [4.78, 5) is 12.6. The van der Waals surface area contributed by atoms with Crippen LogP contribution in [0.1, 0.15) is 11.8 Å². The zero-order valence-electron chi connectivity index (χ0n) is 14.2. The number of hydrogen-bond acceptors (Lipinski definition) is 10. The van der Waals surface area contributed by atoms with E-state index in [2.05, 4.69) is 15.0 Å². The van der Waals surface area contributed by atoms with Gasteiger partial charge in [0.15, 0.2) is 23.2 Å². The van der Waals surface area contributed by atoms with Crippen LogP contribution in [0.4, 0.5) is 5.82 Å². The lowest BCUT2D eigenvalue weighted by molar-refractivity contribution is -0.0511. The fraction of sp³-hybridized carbons (Fsp3) is 0.438. The molecule has 3 aromatic rings. The number of imidazole rings is 1. The molecule has 0 aliphatic carbocycles. The second-order valence-corrected chi connectivity index (χ2v) is 6.95. The molecule has 11 heteroatoms. The van der Waals surface area contributed by atoms with Crippen LogP contribution in [-0.2, 0) is 11.2 Å². The van der Waals surface area contributed by atoms with Gasteiger partial charge in [-0.1, -0.05) is 0 Å².